The van der Waals surface area contributed by atoms with E-state index in [1.807, 2.05) is 39.4 Å². The van der Waals surface area contributed by atoms with Gasteiger partial charge in [0.05, 0.1) is 33.8 Å². The first kappa shape index (κ1) is 70.7. The highest BCUT2D eigenvalue weighted by molar-refractivity contribution is 7.45. The summed E-state index contributed by atoms with van der Waals surface area (Å²) in [4.78, 5) is 39.9. The predicted octanol–water partition coefficient (Wildman–Crippen LogP) is 18.0. The van der Waals surface area contributed by atoms with Crippen LogP contribution < -0.4 is 10.2 Å². The van der Waals surface area contributed by atoms with Gasteiger partial charge in [-0.15, -0.1) is 0 Å². The fourth-order valence-corrected chi connectivity index (χ4v) is 9.48. The number of ether oxygens (including phenoxy) is 1. The Kier molecular flexibility index (Phi) is 51.5. The standard InChI is InChI=1S/C63H117N2O7P/c1-7-10-13-16-19-22-25-27-28-29-30-31-32-33-34-35-36-38-41-44-47-50-53-56-63(67)72-61(54-51-48-45-42-39-24-21-18-15-12-9-3)60(59-71-73(68,69)70-58-57-65(4,5)6)64-62(66)55-52-49-46-43-40-37-26-23-20-17-14-11-8-2/h11,14,17,20,23,26-28,51,54,60-61H,7-10,12-13,15-16,18-19,21-22,24-25,29-50,52-53,55-59H2,1-6H3,(H-,64,66,68,69)/b14-11+,20-17+,26-23-,28-27+,54-51-. The molecule has 0 fully saturated rings. The van der Waals surface area contributed by atoms with Crippen molar-refractivity contribution in [2.75, 3.05) is 40.9 Å². The summed E-state index contributed by atoms with van der Waals surface area (Å²) < 4.78 is 30.2. The van der Waals surface area contributed by atoms with Crippen molar-refractivity contribution in [2.24, 2.45) is 0 Å². The summed E-state index contributed by atoms with van der Waals surface area (Å²) in [5.74, 6) is -0.561. The molecule has 3 unspecified atom stereocenters. The van der Waals surface area contributed by atoms with Crippen molar-refractivity contribution in [3.05, 3.63) is 60.8 Å². The number of phosphoric acid groups is 1. The lowest BCUT2D eigenvalue weighted by atomic mass is 10.0. The number of rotatable bonds is 55. The van der Waals surface area contributed by atoms with Gasteiger partial charge in [-0.3, -0.25) is 14.2 Å². The molecule has 0 aromatic carbocycles. The van der Waals surface area contributed by atoms with Crippen LogP contribution in [0.2, 0.25) is 0 Å². The maximum absolute atomic E-state index is 13.5. The minimum Gasteiger partial charge on any atom is -0.756 e. The molecule has 0 bridgehead atoms. The summed E-state index contributed by atoms with van der Waals surface area (Å²) in [5.41, 5.74) is 0. The highest BCUT2D eigenvalue weighted by Crippen LogP contribution is 2.38. The summed E-state index contributed by atoms with van der Waals surface area (Å²) in [6, 6.07) is -0.898. The van der Waals surface area contributed by atoms with Crippen LogP contribution >= 0.6 is 7.82 Å². The molecule has 0 heterocycles. The van der Waals surface area contributed by atoms with Gasteiger partial charge in [0, 0.05) is 12.8 Å². The van der Waals surface area contributed by atoms with Crippen molar-refractivity contribution in [3.63, 3.8) is 0 Å². The van der Waals surface area contributed by atoms with E-state index in [2.05, 4.69) is 68.6 Å². The molecule has 0 saturated carbocycles. The van der Waals surface area contributed by atoms with Gasteiger partial charge < -0.3 is 28.5 Å². The van der Waals surface area contributed by atoms with E-state index in [-0.39, 0.29) is 24.9 Å². The summed E-state index contributed by atoms with van der Waals surface area (Å²) in [5, 5.41) is 3.01. The molecule has 0 saturated heterocycles. The third-order valence-corrected chi connectivity index (χ3v) is 14.5. The molecule has 3 atom stereocenters. The van der Waals surface area contributed by atoms with Crippen molar-refractivity contribution >= 4 is 19.7 Å². The van der Waals surface area contributed by atoms with E-state index >= 15 is 0 Å². The van der Waals surface area contributed by atoms with Gasteiger partial charge in [-0.05, 0) is 76.7 Å². The number of carbonyl (C=O) groups is 2. The van der Waals surface area contributed by atoms with Crippen LogP contribution in [0.25, 0.3) is 0 Å². The Hall–Kier alpha value is -2.29. The van der Waals surface area contributed by atoms with Gasteiger partial charge in [0.25, 0.3) is 7.82 Å². The van der Waals surface area contributed by atoms with Gasteiger partial charge in [0.1, 0.15) is 19.3 Å². The zero-order valence-electron chi connectivity index (χ0n) is 48.6. The number of carbonyl (C=O) groups excluding carboxylic acids is 2. The zero-order valence-corrected chi connectivity index (χ0v) is 49.5. The number of allylic oxidation sites excluding steroid dienone is 9. The van der Waals surface area contributed by atoms with Crippen LogP contribution in [0.4, 0.5) is 0 Å². The first-order chi connectivity index (χ1) is 35.4. The molecular weight excluding hydrogens is 928 g/mol. The van der Waals surface area contributed by atoms with E-state index in [9.17, 15) is 19.0 Å². The lowest BCUT2D eigenvalue weighted by Gasteiger charge is -2.30. The summed E-state index contributed by atoms with van der Waals surface area (Å²) >= 11 is 0. The molecule has 10 heteroatoms. The first-order valence-electron chi connectivity index (χ1n) is 30.6. The lowest BCUT2D eigenvalue weighted by Crippen LogP contribution is -2.47. The number of nitrogens with one attached hydrogen (secondary N) is 1. The fraction of sp³-hybridized carbons (Fsp3) is 0.810. The van der Waals surface area contributed by atoms with Crippen molar-refractivity contribution < 1.29 is 37.3 Å². The Morgan fingerprint density at radius 3 is 1.34 bits per heavy atom. The Labute approximate surface area is 451 Å². The second kappa shape index (κ2) is 53.1. The van der Waals surface area contributed by atoms with E-state index in [1.54, 1.807) is 0 Å². The number of likely N-dealkylation sites (N-methyl/N-ethyl adjacent to an activating group) is 1. The third kappa shape index (κ3) is 54.3. The van der Waals surface area contributed by atoms with Crippen LogP contribution in [0.1, 0.15) is 278 Å². The van der Waals surface area contributed by atoms with Gasteiger partial charge in [-0.1, -0.05) is 249 Å². The Morgan fingerprint density at radius 1 is 0.493 bits per heavy atom. The molecule has 0 aromatic heterocycles. The topological polar surface area (TPSA) is 114 Å². The van der Waals surface area contributed by atoms with Crippen LogP contribution in [0.5, 0.6) is 0 Å². The largest absolute Gasteiger partial charge is 0.756 e. The lowest BCUT2D eigenvalue weighted by molar-refractivity contribution is -0.870. The molecule has 73 heavy (non-hydrogen) atoms. The first-order valence-corrected chi connectivity index (χ1v) is 32.1. The van der Waals surface area contributed by atoms with Crippen LogP contribution in [0.3, 0.4) is 0 Å². The molecule has 0 rings (SSSR count). The van der Waals surface area contributed by atoms with Crippen LogP contribution in [0, 0.1) is 0 Å². The summed E-state index contributed by atoms with van der Waals surface area (Å²) in [6.45, 7) is 6.69. The number of quaternary nitrogens is 1. The number of amides is 1. The van der Waals surface area contributed by atoms with Crippen molar-refractivity contribution in [3.8, 4) is 0 Å². The van der Waals surface area contributed by atoms with E-state index in [0.717, 1.165) is 77.0 Å². The molecule has 9 nitrogen and oxygen atoms in total. The molecule has 0 aliphatic rings. The number of hydrogen-bond acceptors (Lipinski definition) is 7. The number of esters is 1. The Bertz CT molecular complexity index is 1440. The summed E-state index contributed by atoms with van der Waals surface area (Å²) in [6.07, 6.45) is 66.3. The number of phosphoric ester groups is 1. The number of hydrogen-bond donors (Lipinski definition) is 1. The molecule has 0 aromatic rings. The number of nitrogens with zero attached hydrogens (tertiary/aromatic N) is 1. The van der Waals surface area contributed by atoms with Gasteiger partial charge in [-0.25, -0.2) is 0 Å². The average Bonchev–Trinajstić information content (AvgIpc) is 3.35. The van der Waals surface area contributed by atoms with Crippen molar-refractivity contribution in [1.29, 1.82) is 0 Å². The minimum absolute atomic E-state index is 0.0274. The highest BCUT2D eigenvalue weighted by atomic mass is 31.2. The Balaban J connectivity index is 5.13. The molecule has 0 aliphatic heterocycles. The zero-order chi connectivity index (χ0) is 53.6. The molecule has 0 aliphatic carbocycles. The van der Waals surface area contributed by atoms with E-state index < -0.39 is 26.6 Å². The van der Waals surface area contributed by atoms with E-state index in [4.69, 9.17) is 13.8 Å². The highest BCUT2D eigenvalue weighted by Gasteiger charge is 2.27. The molecule has 426 valence electrons. The smallest absolute Gasteiger partial charge is 0.306 e. The summed E-state index contributed by atoms with van der Waals surface area (Å²) in [7, 11) is 1.17. The van der Waals surface area contributed by atoms with Gasteiger partial charge in [-0.2, -0.15) is 0 Å². The average molecular weight is 1050 g/mol. The van der Waals surface area contributed by atoms with Gasteiger partial charge in [0.15, 0.2) is 0 Å². The van der Waals surface area contributed by atoms with E-state index in [1.165, 1.54) is 161 Å². The fourth-order valence-electron chi connectivity index (χ4n) is 8.75. The second-order valence-corrected chi connectivity index (χ2v) is 23.3. The maximum atomic E-state index is 13.5. The Morgan fingerprint density at radius 2 is 0.890 bits per heavy atom. The van der Waals surface area contributed by atoms with Crippen molar-refractivity contribution in [2.45, 2.75) is 290 Å². The normalized spacial score (nSPS) is 14.1. The maximum Gasteiger partial charge on any atom is 0.306 e. The minimum atomic E-state index is -4.70. The van der Waals surface area contributed by atoms with Crippen LogP contribution in [0.15, 0.2) is 60.8 Å². The second-order valence-electron chi connectivity index (χ2n) is 21.9. The molecule has 1 N–H and O–H groups in total. The van der Waals surface area contributed by atoms with Crippen LogP contribution in [-0.2, 0) is 27.9 Å². The van der Waals surface area contributed by atoms with E-state index in [0.29, 0.717) is 23.9 Å². The molecule has 0 radical (unpaired) electrons. The van der Waals surface area contributed by atoms with Crippen molar-refractivity contribution in [1.82, 2.24) is 5.32 Å². The molecular formula is C63H117N2O7P. The quantitative estimate of drug-likeness (QED) is 0.0161. The molecule has 1 amide bonds. The third-order valence-electron chi connectivity index (χ3n) is 13.5. The van der Waals surface area contributed by atoms with Gasteiger partial charge in [0.2, 0.25) is 5.91 Å². The monoisotopic (exact) mass is 1040 g/mol. The number of unbranched alkanes of at least 4 members (excludes halogenated alkanes) is 33. The van der Waals surface area contributed by atoms with Gasteiger partial charge >= 0.3 is 5.97 Å². The SMILES string of the molecule is CC/C=C/C=C/C=C\CCCCCCCC(=O)NC(COP(=O)([O-])OCC[N+](C)(C)C)C(/C=C\CCCCCCCCCCC)OC(=O)CCCCCCCCCCCCCCC/C=C/CCCCCCCC. The predicted molar refractivity (Wildman–Crippen MR) is 312 cm³/mol. The molecule has 0 spiro atoms. The van der Waals surface area contributed by atoms with Crippen LogP contribution in [-0.4, -0.2) is 69.4 Å².